The zero-order valence-electron chi connectivity index (χ0n) is 15.0. The SMILES string of the molecule is COc1ccccc1/C=C1/Oc2cc(OC(=O)c3ccccc3)ccc2C1=O. The van der Waals surface area contributed by atoms with Crippen molar-refractivity contribution in [3.63, 3.8) is 0 Å². The number of Topliss-reactive ketones (excluding diaryl/α,β-unsaturated/α-hetero) is 1. The van der Waals surface area contributed by atoms with Crippen molar-refractivity contribution in [1.29, 1.82) is 0 Å². The third-order valence-electron chi connectivity index (χ3n) is 4.29. The molecule has 5 nitrogen and oxygen atoms in total. The van der Waals surface area contributed by atoms with Gasteiger partial charge in [-0.3, -0.25) is 4.79 Å². The van der Waals surface area contributed by atoms with Gasteiger partial charge in [0.1, 0.15) is 17.2 Å². The second kappa shape index (κ2) is 7.40. The van der Waals surface area contributed by atoms with E-state index < -0.39 is 5.97 Å². The zero-order valence-corrected chi connectivity index (χ0v) is 15.0. The Hall–Kier alpha value is -3.86. The van der Waals surface area contributed by atoms with Gasteiger partial charge in [-0.05, 0) is 36.4 Å². The van der Waals surface area contributed by atoms with E-state index >= 15 is 0 Å². The second-order valence-electron chi connectivity index (χ2n) is 6.10. The van der Waals surface area contributed by atoms with Crippen molar-refractivity contribution >= 4 is 17.8 Å². The van der Waals surface area contributed by atoms with E-state index in [2.05, 4.69) is 0 Å². The largest absolute Gasteiger partial charge is 0.496 e. The fourth-order valence-electron chi connectivity index (χ4n) is 2.90. The smallest absolute Gasteiger partial charge is 0.343 e. The van der Waals surface area contributed by atoms with Gasteiger partial charge < -0.3 is 14.2 Å². The molecule has 0 aromatic heterocycles. The molecule has 0 atom stereocenters. The van der Waals surface area contributed by atoms with E-state index in [9.17, 15) is 9.59 Å². The molecule has 4 rings (SSSR count). The number of hydrogen-bond donors (Lipinski definition) is 0. The van der Waals surface area contributed by atoms with Gasteiger partial charge in [0, 0.05) is 11.6 Å². The highest BCUT2D eigenvalue weighted by Gasteiger charge is 2.28. The van der Waals surface area contributed by atoms with E-state index in [4.69, 9.17) is 14.2 Å². The number of ether oxygens (including phenoxy) is 3. The minimum Gasteiger partial charge on any atom is -0.496 e. The lowest BCUT2D eigenvalue weighted by Crippen LogP contribution is -2.08. The van der Waals surface area contributed by atoms with Crippen molar-refractivity contribution in [3.05, 3.63) is 95.2 Å². The van der Waals surface area contributed by atoms with Crippen molar-refractivity contribution in [1.82, 2.24) is 0 Å². The molecule has 5 heteroatoms. The van der Waals surface area contributed by atoms with Crippen LogP contribution in [0.15, 0.2) is 78.6 Å². The van der Waals surface area contributed by atoms with Crippen LogP contribution in [0.1, 0.15) is 26.3 Å². The van der Waals surface area contributed by atoms with Crippen LogP contribution >= 0.6 is 0 Å². The molecule has 0 aliphatic carbocycles. The van der Waals surface area contributed by atoms with E-state index in [1.54, 1.807) is 55.7 Å². The van der Waals surface area contributed by atoms with Gasteiger partial charge in [0.15, 0.2) is 5.76 Å². The van der Waals surface area contributed by atoms with Crippen LogP contribution in [0, 0.1) is 0 Å². The lowest BCUT2D eigenvalue weighted by atomic mass is 10.1. The van der Waals surface area contributed by atoms with E-state index in [0.717, 1.165) is 5.56 Å². The summed E-state index contributed by atoms with van der Waals surface area (Å²) in [5.41, 5.74) is 1.59. The Bertz CT molecular complexity index is 1080. The third-order valence-corrected chi connectivity index (χ3v) is 4.29. The fourth-order valence-corrected chi connectivity index (χ4v) is 2.90. The number of allylic oxidation sites excluding steroid dienone is 1. The maximum atomic E-state index is 12.6. The Morgan fingerprint density at radius 1 is 0.964 bits per heavy atom. The van der Waals surface area contributed by atoms with Crippen molar-refractivity contribution < 1.29 is 23.8 Å². The molecule has 0 amide bonds. The van der Waals surface area contributed by atoms with E-state index in [-0.39, 0.29) is 11.5 Å². The number of fused-ring (bicyclic) bond motifs is 1. The summed E-state index contributed by atoms with van der Waals surface area (Å²) in [5.74, 6) is 0.769. The molecule has 0 bridgehead atoms. The molecule has 0 saturated carbocycles. The number of methoxy groups -OCH3 is 1. The van der Waals surface area contributed by atoms with Gasteiger partial charge in [0.2, 0.25) is 5.78 Å². The summed E-state index contributed by atoms with van der Waals surface area (Å²) in [6.07, 6.45) is 1.64. The molecule has 0 fully saturated rings. The molecule has 3 aromatic rings. The van der Waals surface area contributed by atoms with Crippen molar-refractivity contribution in [3.8, 4) is 17.2 Å². The summed E-state index contributed by atoms with van der Waals surface area (Å²) in [6.45, 7) is 0. The molecule has 1 aliphatic rings. The molecule has 0 spiro atoms. The van der Waals surface area contributed by atoms with Crippen LogP contribution in [-0.2, 0) is 0 Å². The summed E-state index contributed by atoms with van der Waals surface area (Å²) in [5, 5.41) is 0. The average molecular weight is 372 g/mol. The minimum absolute atomic E-state index is 0.186. The molecule has 28 heavy (non-hydrogen) atoms. The van der Waals surface area contributed by atoms with Gasteiger partial charge >= 0.3 is 5.97 Å². The highest BCUT2D eigenvalue weighted by atomic mass is 16.5. The van der Waals surface area contributed by atoms with Crippen molar-refractivity contribution in [2.24, 2.45) is 0 Å². The molecule has 1 aliphatic heterocycles. The summed E-state index contributed by atoms with van der Waals surface area (Å²) in [7, 11) is 1.57. The normalized spacial score (nSPS) is 13.8. The van der Waals surface area contributed by atoms with Crippen LogP contribution in [0.2, 0.25) is 0 Å². The predicted octanol–water partition coefficient (Wildman–Crippen LogP) is 4.53. The number of carbonyl (C=O) groups excluding carboxylic acids is 2. The van der Waals surface area contributed by atoms with Gasteiger partial charge in [-0.1, -0.05) is 36.4 Å². The summed E-state index contributed by atoms with van der Waals surface area (Å²) in [4.78, 5) is 24.8. The lowest BCUT2D eigenvalue weighted by Gasteiger charge is -2.06. The van der Waals surface area contributed by atoms with Crippen LogP contribution in [0.4, 0.5) is 0 Å². The Kier molecular flexibility index (Phi) is 4.64. The summed E-state index contributed by atoms with van der Waals surface area (Å²) < 4.78 is 16.4. The number of para-hydroxylation sites is 1. The van der Waals surface area contributed by atoms with Crippen molar-refractivity contribution in [2.75, 3.05) is 7.11 Å². The first-order valence-electron chi connectivity index (χ1n) is 8.64. The molecular weight excluding hydrogens is 356 g/mol. The van der Waals surface area contributed by atoms with Gasteiger partial charge in [-0.25, -0.2) is 4.79 Å². The van der Waals surface area contributed by atoms with E-state index in [0.29, 0.717) is 28.4 Å². The Morgan fingerprint density at radius 3 is 2.50 bits per heavy atom. The van der Waals surface area contributed by atoms with Crippen molar-refractivity contribution in [2.45, 2.75) is 0 Å². The Balaban J connectivity index is 1.58. The summed E-state index contributed by atoms with van der Waals surface area (Å²) in [6, 6.07) is 20.7. The molecule has 0 saturated heterocycles. The Morgan fingerprint density at radius 2 is 1.71 bits per heavy atom. The quantitative estimate of drug-likeness (QED) is 0.382. The molecular formula is C23H16O5. The van der Waals surface area contributed by atoms with E-state index in [1.165, 1.54) is 6.07 Å². The van der Waals surface area contributed by atoms with Crippen LogP contribution in [-0.4, -0.2) is 18.9 Å². The topological polar surface area (TPSA) is 61.8 Å². The maximum absolute atomic E-state index is 12.6. The Labute approximate surface area is 161 Å². The third kappa shape index (κ3) is 3.38. The highest BCUT2D eigenvalue weighted by molar-refractivity contribution is 6.14. The average Bonchev–Trinajstić information content (AvgIpc) is 3.04. The van der Waals surface area contributed by atoms with Crippen LogP contribution < -0.4 is 14.2 Å². The second-order valence-corrected chi connectivity index (χ2v) is 6.10. The van der Waals surface area contributed by atoms with Crippen LogP contribution in [0.3, 0.4) is 0 Å². The fraction of sp³-hybridized carbons (Fsp3) is 0.0435. The molecule has 0 unspecified atom stereocenters. The number of esters is 1. The van der Waals surface area contributed by atoms with Gasteiger partial charge in [-0.15, -0.1) is 0 Å². The minimum atomic E-state index is -0.477. The first kappa shape index (κ1) is 17.5. The standard InChI is InChI=1S/C23H16O5/c1-26-19-10-6-5-9-16(19)13-21-22(24)18-12-11-17(14-20(18)28-21)27-23(25)15-7-3-2-4-8-15/h2-14H,1H3/b21-13+. The first-order valence-corrected chi connectivity index (χ1v) is 8.64. The summed E-state index contributed by atoms with van der Waals surface area (Å²) >= 11 is 0. The lowest BCUT2D eigenvalue weighted by molar-refractivity contribution is 0.0734. The molecule has 0 N–H and O–H groups in total. The molecule has 138 valence electrons. The first-order chi connectivity index (χ1) is 13.7. The van der Waals surface area contributed by atoms with Gasteiger partial charge in [0.25, 0.3) is 0 Å². The number of hydrogen-bond acceptors (Lipinski definition) is 5. The van der Waals surface area contributed by atoms with E-state index in [1.807, 2.05) is 24.3 Å². The number of ketones is 1. The molecule has 0 radical (unpaired) electrons. The monoisotopic (exact) mass is 372 g/mol. The van der Waals surface area contributed by atoms with Crippen LogP contribution in [0.25, 0.3) is 6.08 Å². The number of rotatable bonds is 4. The van der Waals surface area contributed by atoms with Gasteiger partial charge in [0.05, 0.1) is 18.2 Å². The van der Waals surface area contributed by atoms with Gasteiger partial charge in [-0.2, -0.15) is 0 Å². The highest BCUT2D eigenvalue weighted by Crippen LogP contribution is 2.35. The maximum Gasteiger partial charge on any atom is 0.343 e. The molecule has 1 heterocycles. The van der Waals surface area contributed by atoms with Crippen LogP contribution in [0.5, 0.6) is 17.2 Å². The number of carbonyl (C=O) groups is 2. The predicted molar refractivity (Wildman–Crippen MR) is 104 cm³/mol. The zero-order chi connectivity index (χ0) is 19.5. The number of benzene rings is 3. The molecule has 3 aromatic carbocycles.